The number of nitrogens with zero attached hydrogens (tertiary/aromatic N) is 1. The van der Waals surface area contributed by atoms with Crippen LogP contribution >= 0.6 is 0 Å². The predicted molar refractivity (Wildman–Crippen MR) is 119 cm³/mol. The minimum atomic E-state index is -0.336. The van der Waals surface area contributed by atoms with Gasteiger partial charge in [0.1, 0.15) is 5.56 Å². The Morgan fingerprint density at radius 3 is 2.52 bits per heavy atom. The van der Waals surface area contributed by atoms with Crippen LogP contribution in [0.25, 0.3) is 11.0 Å². The average Bonchev–Trinajstić information content (AvgIpc) is 2.74. The molecule has 4 aromatic rings. The highest BCUT2D eigenvalue weighted by Crippen LogP contribution is 2.21. The van der Waals surface area contributed by atoms with Crippen molar-refractivity contribution in [2.24, 2.45) is 4.99 Å². The van der Waals surface area contributed by atoms with E-state index in [-0.39, 0.29) is 23.6 Å². The van der Waals surface area contributed by atoms with Gasteiger partial charge in [-0.1, -0.05) is 24.3 Å². The maximum absolute atomic E-state index is 13.2. The van der Waals surface area contributed by atoms with Gasteiger partial charge in [-0.3, -0.25) is 4.79 Å². The van der Waals surface area contributed by atoms with Crippen LogP contribution < -0.4 is 15.9 Å². The maximum atomic E-state index is 13.2. The van der Waals surface area contributed by atoms with Crippen LogP contribution in [0.3, 0.4) is 0 Å². The highest BCUT2D eigenvalue weighted by Gasteiger charge is 2.18. The van der Waals surface area contributed by atoms with Crippen LogP contribution in [0.2, 0.25) is 0 Å². The van der Waals surface area contributed by atoms with Crippen LogP contribution in [0.4, 0.5) is 11.4 Å². The second-order valence-corrected chi connectivity index (χ2v) is 7.58. The smallest absolute Gasteiger partial charge is 0.261 e. The molecule has 2 aromatic heterocycles. The lowest BCUT2D eigenvalue weighted by Gasteiger charge is -2.09. The number of anilines is 1. The number of carbonyl (C=O) groups excluding carboxylic acids is 1. The van der Waals surface area contributed by atoms with Gasteiger partial charge in [-0.25, -0.2) is 9.98 Å². The number of amides is 1. The number of carbonyl (C=O) groups is 1. The van der Waals surface area contributed by atoms with Gasteiger partial charge in [0.25, 0.3) is 5.91 Å². The third-order valence-electron chi connectivity index (χ3n) is 5.04. The van der Waals surface area contributed by atoms with Gasteiger partial charge >= 0.3 is 0 Å². The number of aliphatic hydroxyl groups is 1. The fourth-order valence-corrected chi connectivity index (χ4v) is 3.45. The van der Waals surface area contributed by atoms with Gasteiger partial charge < -0.3 is 14.8 Å². The molecule has 0 aliphatic carbocycles. The molecule has 31 heavy (non-hydrogen) atoms. The van der Waals surface area contributed by atoms with Gasteiger partial charge in [-0.15, -0.1) is 0 Å². The van der Waals surface area contributed by atoms with Crippen molar-refractivity contribution in [1.82, 2.24) is 0 Å². The minimum Gasteiger partial charge on any atom is -0.431 e. The second kappa shape index (κ2) is 8.53. The fraction of sp³-hybridized carbons (Fsp3) is 0.160. The van der Waals surface area contributed by atoms with E-state index in [2.05, 4.69) is 15.3 Å². The molecule has 0 atom stereocenters. The van der Waals surface area contributed by atoms with E-state index < -0.39 is 0 Å². The van der Waals surface area contributed by atoms with Crippen molar-refractivity contribution in [3.8, 4) is 0 Å². The Morgan fingerprint density at radius 2 is 1.81 bits per heavy atom. The van der Waals surface area contributed by atoms with Crippen molar-refractivity contribution in [2.75, 3.05) is 5.32 Å². The van der Waals surface area contributed by atoms with E-state index in [0.29, 0.717) is 27.9 Å². The lowest BCUT2D eigenvalue weighted by atomic mass is 10.1. The molecule has 0 radical (unpaired) electrons. The molecule has 4 rings (SSSR count). The summed E-state index contributed by atoms with van der Waals surface area (Å²) in [7, 11) is 0. The van der Waals surface area contributed by atoms with E-state index in [0.717, 1.165) is 16.8 Å². The molecule has 0 spiro atoms. The Labute approximate surface area is 179 Å². The molecule has 6 nitrogen and oxygen atoms in total. The molecular formula is C25H24N3O3+. The zero-order valence-electron chi connectivity index (χ0n) is 17.7. The number of aryl methyl sites for hydroxylation is 3. The summed E-state index contributed by atoms with van der Waals surface area (Å²) in [4.78, 5) is 20.9. The van der Waals surface area contributed by atoms with E-state index in [1.807, 2.05) is 69.3 Å². The monoisotopic (exact) mass is 414 g/mol. The standard InChI is InChI=1S/C25H23N3O3/c1-15-6-4-8-19(10-15)27-24(30)22-12-21-18(14-29)13-26-17(3)23(21)31-25(22)28-20-9-5-7-16(2)11-20/h4-13,29H,14H2,1-3H3,(H,27,30)/p+1. The molecule has 6 heteroatoms. The molecule has 156 valence electrons. The zero-order valence-corrected chi connectivity index (χ0v) is 17.7. The number of H-pyrrole nitrogens is 1. The van der Waals surface area contributed by atoms with Gasteiger partial charge in [-0.05, 0) is 55.3 Å². The summed E-state index contributed by atoms with van der Waals surface area (Å²) in [6.45, 7) is 5.63. The molecular weight excluding hydrogens is 390 g/mol. The van der Waals surface area contributed by atoms with Crippen molar-refractivity contribution in [1.29, 1.82) is 0 Å². The van der Waals surface area contributed by atoms with Crippen LogP contribution in [0.5, 0.6) is 0 Å². The quantitative estimate of drug-likeness (QED) is 0.526. The molecule has 0 saturated heterocycles. The molecule has 0 saturated carbocycles. The SMILES string of the molecule is Cc1cccc(N=c2oc3c(C)[nH+]cc(CO)c3cc2C(=O)Nc2cccc(C)c2)c1. The first kappa shape index (κ1) is 20.5. The molecule has 0 aliphatic heterocycles. The lowest BCUT2D eigenvalue weighted by molar-refractivity contribution is -0.386. The number of aromatic amines is 1. The summed E-state index contributed by atoms with van der Waals surface area (Å²) < 4.78 is 6.12. The van der Waals surface area contributed by atoms with Crippen LogP contribution in [-0.2, 0) is 6.61 Å². The maximum Gasteiger partial charge on any atom is 0.261 e. The lowest BCUT2D eigenvalue weighted by Crippen LogP contribution is -2.23. The van der Waals surface area contributed by atoms with Crippen molar-refractivity contribution in [3.63, 3.8) is 0 Å². The third kappa shape index (κ3) is 4.39. The van der Waals surface area contributed by atoms with Crippen LogP contribution in [-0.4, -0.2) is 11.0 Å². The molecule has 3 N–H and O–H groups in total. The summed E-state index contributed by atoms with van der Waals surface area (Å²) >= 11 is 0. The molecule has 0 unspecified atom stereocenters. The number of hydrogen-bond donors (Lipinski definition) is 2. The van der Waals surface area contributed by atoms with E-state index in [9.17, 15) is 9.90 Å². The first-order chi connectivity index (χ1) is 14.9. The first-order valence-electron chi connectivity index (χ1n) is 10.0. The number of hydrogen-bond acceptors (Lipinski definition) is 4. The third-order valence-corrected chi connectivity index (χ3v) is 5.04. The van der Waals surface area contributed by atoms with Gasteiger partial charge in [0.15, 0.2) is 6.20 Å². The molecule has 2 heterocycles. The van der Waals surface area contributed by atoms with Crippen molar-refractivity contribution >= 4 is 28.3 Å². The van der Waals surface area contributed by atoms with E-state index in [4.69, 9.17) is 4.42 Å². The zero-order chi connectivity index (χ0) is 22.0. The molecule has 0 aliphatic rings. The Balaban J connectivity index is 1.93. The number of benzene rings is 2. The highest BCUT2D eigenvalue weighted by atomic mass is 16.3. The summed E-state index contributed by atoms with van der Waals surface area (Å²) in [5, 5.41) is 13.4. The van der Waals surface area contributed by atoms with Gasteiger partial charge in [-0.2, -0.15) is 0 Å². The molecule has 0 fully saturated rings. The normalized spacial score (nSPS) is 11.7. The molecule has 1 amide bonds. The number of nitrogens with one attached hydrogen (secondary N) is 2. The van der Waals surface area contributed by atoms with E-state index in [1.54, 1.807) is 12.3 Å². The number of pyridine rings is 1. The summed E-state index contributed by atoms with van der Waals surface area (Å²) in [6, 6.07) is 17.0. The second-order valence-electron chi connectivity index (χ2n) is 7.58. The number of aromatic nitrogens is 1. The van der Waals surface area contributed by atoms with Crippen LogP contribution in [0.1, 0.15) is 32.7 Å². The van der Waals surface area contributed by atoms with E-state index in [1.165, 1.54) is 0 Å². The largest absolute Gasteiger partial charge is 0.431 e. The molecule has 2 aromatic carbocycles. The summed E-state index contributed by atoms with van der Waals surface area (Å²) in [6.07, 6.45) is 1.72. The Kier molecular flexibility index (Phi) is 5.64. The minimum absolute atomic E-state index is 0.184. The Hall–Kier alpha value is -3.77. The Bertz CT molecular complexity index is 1360. The van der Waals surface area contributed by atoms with Crippen molar-refractivity contribution in [3.05, 3.63) is 94.3 Å². The summed E-state index contributed by atoms with van der Waals surface area (Å²) in [5.74, 6) is -0.336. The van der Waals surface area contributed by atoms with Crippen molar-refractivity contribution in [2.45, 2.75) is 27.4 Å². The fourth-order valence-electron chi connectivity index (χ4n) is 3.45. The van der Waals surface area contributed by atoms with Crippen LogP contribution in [0, 0.1) is 20.8 Å². The van der Waals surface area contributed by atoms with Crippen LogP contribution in [0.15, 0.2) is 70.2 Å². The highest BCUT2D eigenvalue weighted by molar-refractivity contribution is 6.05. The van der Waals surface area contributed by atoms with Gasteiger partial charge in [0, 0.05) is 18.0 Å². The van der Waals surface area contributed by atoms with Crippen molar-refractivity contribution < 1.29 is 19.3 Å². The summed E-state index contributed by atoms with van der Waals surface area (Å²) in [5.41, 5.74) is 5.92. The number of rotatable bonds is 4. The Morgan fingerprint density at radius 1 is 1.06 bits per heavy atom. The molecule has 0 bridgehead atoms. The number of aliphatic hydroxyl groups excluding tert-OH is 1. The van der Waals surface area contributed by atoms with Gasteiger partial charge in [0.05, 0.1) is 17.9 Å². The first-order valence-corrected chi connectivity index (χ1v) is 10.0. The number of fused-ring (bicyclic) bond motifs is 1. The predicted octanol–water partition coefficient (Wildman–Crippen LogP) is 4.15. The van der Waals surface area contributed by atoms with E-state index >= 15 is 0 Å². The topological polar surface area (TPSA) is 89.0 Å². The average molecular weight is 414 g/mol. The van der Waals surface area contributed by atoms with Gasteiger partial charge in [0.2, 0.25) is 16.8 Å².